The Morgan fingerprint density at radius 3 is 2.46 bits per heavy atom. The largest absolute Gasteiger partial charge is 0.439 e. The molecule has 1 saturated heterocycles. The van der Waals surface area contributed by atoms with Crippen LogP contribution in [0, 0.1) is 13.8 Å². The van der Waals surface area contributed by atoms with Crippen LogP contribution in [0.2, 0.25) is 0 Å². The van der Waals surface area contributed by atoms with E-state index in [1.165, 1.54) is 0 Å². The molecule has 1 amide bonds. The number of rotatable bonds is 4. The van der Waals surface area contributed by atoms with Crippen LogP contribution in [0.5, 0.6) is 11.6 Å². The number of hydrogen-bond donors (Lipinski definition) is 0. The maximum atomic E-state index is 12.5. The fourth-order valence-electron chi connectivity index (χ4n) is 3.12. The van der Waals surface area contributed by atoms with Crippen molar-refractivity contribution in [2.75, 3.05) is 31.1 Å². The van der Waals surface area contributed by atoms with Gasteiger partial charge in [-0.2, -0.15) is 4.98 Å². The van der Waals surface area contributed by atoms with E-state index in [4.69, 9.17) is 9.26 Å². The lowest BCUT2D eigenvalue weighted by Gasteiger charge is -2.35. The van der Waals surface area contributed by atoms with Gasteiger partial charge in [0.15, 0.2) is 5.69 Å². The van der Waals surface area contributed by atoms with Crippen molar-refractivity contribution in [2.45, 2.75) is 13.8 Å². The summed E-state index contributed by atoms with van der Waals surface area (Å²) in [5.41, 5.74) is 0.349. The average molecular weight is 379 g/mol. The number of ether oxygens (including phenoxy) is 1. The third-order valence-corrected chi connectivity index (χ3v) is 4.50. The van der Waals surface area contributed by atoms with Crippen molar-refractivity contribution in [3.05, 3.63) is 59.7 Å². The van der Waals surface area contributed by atoms with Crippen molar-refractivity contribution in [1.29, 1.82) is 0 Å². The number of nitrogens with zero attached hydrogens (tertiary/aromatic N) is 5. The number of anilines is 1. The molecule has 0 unspecified atom stereocenters. The number of aromatic nitrogens is 3. The number of amides is 1. The van der Waals surface area contributed by atoms with Gasteiger partial charge in [-0.05, 0) is 26.0 Å². The zero-order valence-electron chi connectivity index (χ0n) is 15.8. The van der Waals surface area contributed by atoms with E-state index in [2.05, 4.69) is 20.0 Å². The van der Waals surface area contributed by atoms with Crippen LogP contribution in [0.3, 0.4) is 0 Å². The standard InChI is InChI=1S/C20H21N5O3/c1-14-12-17(23-28-14)20(26)25-10-8-24(9-11-25)18-13-19(22-15(2)21-18)27-16-6-4-3-5-7-16/h3-7,12-13H,8-11H2,1-2H3. The lowest BCUT2D eigenvalue weighted by molar-refractivity contribution is 0.0736. The maximum Gasteiger partial charge on any atom is 0.276 e. The first-order valence-corrected chi connectivity index (χ1v) is 9.14. The molecule has 0 radical (unpaired) electrons. The van der Waals surface area contributed by atoms with Crippen LogP contribution in [0.1, 0.15) is 22.1 Å². The Bertz CT molecular complexity index is 965. The lowest BCUT2D eigenvalue weighted by atomic mass is 10.2. The van der Waals surface area contributed by atoms with E-state index in [0.29, 0.717) is 49.3 Å². The minimum Gasteiger partial charge on any atom is -0.439 e. The summed E-state index contributed by atoms with van der Waals surface area (Å²) in [6.07, 6.45) is 0. The summed E-state index contributed by atoms with van der Waals surface area (Å²) in [6.45, 7) is 6.13. The summed E-state index contributed by atoms with van der Waals surface area (Å²) in [5.74, 6) is 3.19. The van der Waals surface area contributed by atoms with Gasteiger partial charge in [0, 0.05) is 38.3 Å². The summed E-state index contributed by atoms with van der Waals surface area (Å²) in [6, 6.07) is 13.0. The number of carbonyl (C=O) groups excluding carboxylic acids is 1. The molecule has 1 aromatic carbocycles. The highest BCUT2D eigenvalue weighted by atomic mass is 16.5. The first kappa shape index (κ1) is 18.0. The van der Waals surface area contributed by atoms with Crippen molar-refractivity contribution >= 4 is 11.7 Å². The van der Waals surface area contributed by atoms with Crippen LogP contribution in [-0.4, -0.2) is 52.1 Å². The van der Waals surface area contributed by atoms with Gasteiger partial charge in [-0.25, -0.2) is 4.98 Å². The van der Waals surface area contributed by atoms with Crippen molar-refractivity contribution in [3.63, 3.8) is 0 Å². The van der Waals surface area contributed by atoms with Gasteiger partial charge in [0.2, 0.25) is 5.88 Å². The first-order valence-electron chi connectivity index (χ1n) is 9.14. The zero-order chi connectivity index (χ0) is 19.5. The van der Waals surface area contributed by atoms with E-state index in [1.54, 1.807) is 17.9 Å². The van der Waals surface area contributed by atoms with Crippen LogP contribution < -0.4 is 9.64 Å². The summed E-state index contributed by atoms with van der Waals surface area (Å²) in [5, 5.41) is 3.81. The van der Waals surface area contributed by atoms with E-state index in [1.807, 2.05) is 43.3 Å². The molecule has 1 aliphatic rings. The molecule has 0 spiro atoms. The maximum absolute atomic E-state index is 12.5. The second-order valence-corrected chi connectivity index (χ2v) is 6.63. The first-order chi connectivity index (χ1) is 13.6. The van der Waals surface area contributed by atoms with Crippen LogP contribution in [0.25, 0.3) is 0 Å². The minimum atomic E-state index is -0.108. The molecule has 28 heavy (non-hydrogen) atoms. The zero-order valence-corrected chi connectivity index (χ0v) is 15.8. The summed E-state index contributed by atoms with van der Waals surface area (Å²) in [4.78, 5) is 25.3. The predicted octanol–water partition coefficient (Wildman–Crippen LogP) is 2.84. The molecule has 2 aromatic heterocycles. The number of benzene rings is 1. The second-order valence-electron chi connectivity index (χ2n) is 6.63. The Morgan fingerprint density at radius 1 is 1.04 bits per heavy atom. The van der Waals surface area contributed by atoms with Gasteiger partial charge < -0.3 is 19.1 Å². The number of carbonyl (C=O) groups is 1. The molecule has 0 aliphatic carbocycles. The molecule has 1 aliphatic heterocycles. The fraction of sp³-hybridized carbons (Fsp3) is 0.300. The number of para-hydroxylation sites is 1. The van der Waals surface area contributed by atoms with Crippen molar-refractivity contribution in [3.8, 4) is 11.6 Å². The van der Waals surface area contributed by atoms with Crippen LogP contribution >= 0.6 is 0 Å². The molecular formula is C20H21N5O3. The van der Waals surface area contributed by atoms with Gasteiger partial charge in [0.25, 0.3) is 5.91 Å². The molecule has 8 nitrogen and oxygen atoms in total. The molecule has 4 rings (SSSR count). The van der Waals surface area contributed by atoms with Gasteiger partial charge in [-0.15, -0.1) is 0 Å². The van der Waals surface area contributed by atoms with Gasteiger partial charge in [0.1, 0.15) is 23.2 Å². The highest BCUT2D eigenvalue weighted by molar-refractivity contribution is 5.92. The van der Waals surface area contributed by atoms with E-state index in [9.17, 15) is 4.79 Å². The molecule has 0 N–H and O–H groups in total. The smallest absolute Gasteiger partial charge is 0.276 e. The molecule has 0 bridgehead atoms. The predicted molar refractivity (Wildman–Crippen MR) is 103 cm³/mol. The molecule has 144 valence electrons. The van der Waals surface area contributed by atoms with E-state index in [0.717, 1.165) is 11.6 Å². The highest BCUT2D eigenvalue weighted by Crippen LogP contribution is 2.24. The molecule has 0 saturated carbocycles. The second kappa shape index (κ2) is 7.67. The van der Waals surface area contributed by atoms with E-state index < -0.39 is 0 Å². The van der Waals surface area contributed by atoms with Crippen molar-refractivity contribution in [1.82, 2.24) is 20.0 Å². The Kier molecular flexibility index (Phi) is 4.92. The topological polar surface area (TPSA) is 84.6 Å². The van der Waals surface area contributed by atoms with Gasteiger partial charge in [0.05, 0.1) is 0 Å². The van der Waals surface area contributed by atoms with Crippen LogP contribution in [-0.2, 0) is 0 Å². The SMILES string of the molecule is Cc1nc(Oc2ccccc2)cc(N2CCN(C(=O)c3cc(C)on3)CC2)n1. The quantitative estimate of drug-likeness (QED) is 0.689. The minimum absolute atomic E-state index is 0.108. The molecule has 0 atom stereocenters. The van der Waals surface area contributed by atoms with Crippen molar-refractivity contribution in [2.24, 2.45) is 0 Å². The molecule has 3 aromatic rings. The Balaban J connectivity index is 1.43. The number of aryl methyl sites for hydroxylation is 2. The summed E-state index contributed by atoms with van der Waals surface area (Å²) < 4.78 is 10.9. The third-order valence-electron chi connectivity index (χ3n) is 4.50. The molecule has 3 heterocycles. The lowest BCUT2D eigenvalue weighted by Crippen LogP contribution is -2.49. The van der Waals surface area contributed by atoms with Gasteiger partial charge in [-0.1, -0.05) is 23.4 Å². The Labute approximate surface area is 162 Å². The summed E-state index contributed by atoms with van der Waals surface area (Å²) in [7, 11) is 0. The van der Waals surface area contributed by atoms with E-state index >= 15 is 0 Å². The third kappa shape index (κ3) is 3.95. The average Bonchev–Trinajstić information content (AvgIpc) is 3.14. The normalized spacial score (nSPS) is 14.2. The molecule has 8 heteroatoms. The van der Waals surface area contributed by atoms with Crippen molar-refractivity contribution < 1.29 is 14.1 Å². The van der Waals surface area contributed by atoms with Gasteiger partial charge in [-0.3, -0.25) is 4.79 Å². The van der Waals surface area contributed by atoms with Crippen LogP contribution in [0.15, 0.2) is 47.0 Å². The monoisotopic (exact) mass is 379 g/mol. The number of hydrogen-bond acceptors (Lipinski definition) is 7. The summed E-state index contributed by atoms with van der Waals surface area (Å²) >= 11 is 0. The fourth-order valence-corrected chi connectivity index (χ4v) is 3.12. The number of piperazine rings is 1. The Hall–Kier alpha value is -3.42. The highest BCUT2D eigenvalue weighted by Gasteiger charge is 2.25. The van der Waals surface area contributed by atoms with E-state index in [-0.39, 0.29) is 5.91 Å². The molecule has 1 fully saturated rings. The molecular weight excluding hydrogens is 358 g/mol. The van der Waals surface area contributed by atoms with Crippen LogP contribution in [0.4, 0.5) is 5.82 Å². The van der Waals surface area contributed by atoms with Gasteiger partial charge >= 0.3 is 0 Å². The Morgan fingerprint density at radius 2 is 1.79 bits per heavy atom.